The van der Waals surface area contributed by atoms with Crippen LogP contribution in [0.2, 0.25) is 0 Å². The van der Waals surface area contributed by atoms with E-state index in [2.05, 4.69) is 13.0 Å². The molecule has 0 unspecified atom stereocenters. The van der Waals surface area contributed by atoms with E-state index in [4.69, 9.17) is 0 Å². The van der Waals surface area contributed by atoms with Crippen molar-refractivity contribution in [2.45, 2.75) is 52.4 Å². The van der Waals surface area contributed by atoms with Gasteiger partial charge in [-0.25, -0.2) is 0 Å². The van der Waals surface area contributed by atoms with E-state index in [0.29, 0.717) is 5.41 Å². The maximum atomic E-state index is 10.8. The van der Waals surface area contributed by atoms with E-state index in [-0.39, 0.29) is 5.78 Å². The molecule has 1 fully saturated rings. The number of hydrogen-bond acceptors (Lipinski definition) is 1. The molecule has 0 bridgehead atoms. The summed E-state index contributed by atoms with van der Waals surface area (Å²) in [6.07, 6.45) is 11.7. The Bertz CT molecular complexity index is 195. The number of carbonyl (C=O) groups excluding carboxylic acids is 1. The molecule has 0 atom stereocenters. The Kier molecular flexibility index (Phi) is 3.71. The van der Waals surface area contributed by atoms with Crippen molar-refractivity contribution in [3.8, 4) is 0 Å². The van der Waals surface area contributed by atoms with Crippen molar-refractivity contribution in [2.24, 2.45) is 5.41 Å². The van der Waals surface area contributed by atoms with Crippen LogP contribution in [0.25, 0.3) is 0 Å². The van der Waals surface area contributed by atoms with Gasteiger partial charge in [-0.15, -0.1) is 0 Å². The smallest absolute Gasteiger partial charge is 0.152 e. The average molecular weight is 180 g/mol. The van der Waals surface area contributed by atoms with Crippen molar-refractivity contribution >= 4 is 5.78 Å². The van der Waals surface area contributed by atoms with E-state index in [1.165, 1.54) is 38.5 Å². The summed E-state index contributed by atoms with van der Waals surface area (Å²) in [5.41, 5.74) is 0.294. The molecule has 0 N–H and O–H groups in total. The number of allylic oxidation sites excluding steroid dienone is 2. The molecule has 1 saturated carbocycles. The second-order valence-electron chi connectivity index (χ2n) is 4.51. The van der Waals surface area contributed by atoms with Crippen LogP contribution >= 0.6 is 0 Å². The summed E-state index contributed by atoms with van der Waals surface area (Å²) in [6.45, 7) is 3.90. The second-order valence-corrected chi connectivity index (χ2v) is 4.51. The van der Waals surface area contributed by atoms with Crippen LogP contribution in [0.4, 0.5) is 0 Å². The minimum absolute atomic E-state index is 0.172. The standard InChI is InChI=1S/C12H20O/c1-11(13)7-10-12(2)8-5-3-4-6-9-12/h7,10H,3-6,8-9H2,1-2H3/b10-7+. The Morgan fingerprint density at radius 3 is 2.15 bits per heavy atom. The number of ketones is 1. The van der Waals surface area contributed by atoms with Crippen LogP contribution in [-0.2, 0) is 4.79 Å². The lowest BCUT2D eigenvalue weighted by Crippen LogP contribution is -2.11. The maximum Gasteiger partial charge on any atom is 0.152 e. The summed E-state index contributed by atoms with van der Waals surface area (Å²) in [6, 6.07) is 0. The lowest BCUT2D eigenvalue weighted by molar-refractivity contribution is -0.112. The molecule has 0 aromatic heterocycles. The van der Waals surface area contributed by atoms with E-state index >= 15 is 0 Å². The number of hydrogen-bond donors (Lipinski definition) is 0. The van der Waals surface area contributed by atoms with E-state index < -0.39 is 0 Å². The third kappa shape index (κ3) is 3.75. The van der Waals surface area contributed by atoms with Crippen molar-refractivity contribution in [2.75, 3.05) is 0 Å². The SMILES string of the molecule is CC(=O)/C=C/C1(C)CCCCCC1. The number of rotatable bonds is 2. The fourth-order valence-corrected chi connectivity index (χ4v) is 2.02. The summed E-state index contributed by atoms with van der Waals surface area (Å²) in [5.74, 6) is 0.172. The van der Waals surface area contributed by atoms with Gasteiger partial charge in [-0.1, -0.05) is 38.7 Å². The highest BCUT2D eigenvalue weighted by molar-refractivity contribution is 5.87. The van der Waals surface area contributed by atoms with Crippen LogP contribution in [0.1, 0.15) is 52.4 Å². The molecule has 0 aromatic rings. The molecule has 1 rings (SSSR count). The molecule has 1 nitrogen and oxygen atoms in total. The highest BCUT2D eigenvalue weighted by Crippen LogP contribution is 2.35. The van der Waals surface area contributed by atoms with Crippen molar-refractivity contribution in [3.63, 3.8) is 0 Å². The molecule has 1 aliphatic rings. The molecule has 0 heterocycles. The zero-order valence-corrected chi connectivity index (χ0v) is 8.81. The first-order valence-corrected chi connectivity index (χ1v) is 5.32. The van der Waals surface area contributed by atoms with Gasteiger partial charge in [-0.05, 0) is 31.3 Å². The van der Waals surface area contributed by atoms with Crippen molar-refractivity contribution in [1.82, 2.24) is 0 Å². The Morgan fingerprint density at radius 1 is 1.15 bits per heavy atom. The summed E-state index contributed by atoms with van der Waals surface area (Å²) < 4.78 is 0. The van der Waals surface area contributed by atoms with Crippen molar-refractivity contribution < 1.29 is 4.79 Å². The number of carbonyl (C=O) groups is 1. The average Bonchev–Trinajstić information content (AvgIpc) is 2.28. The van der Waals surface area contributed by atoms with Gasteiger partial charge < -0.3 is 0 Å². The molecule has 0 radical (unpaired) electrons. The van der Waals surface area contributed by atoms with Gasteiger partial charge in [0.25, 0.3) is 0 Å². The fourth-order valence-electron chi connectivity index (χ4n) is 2.02. The van der Waals surface area contributed by atoms with Crippen LogP contribution in [0.3, 0.4) is 0 Å². The zero-order chi connectivity index (χ0) is 9.73. The first-order valence-electron chi connectivity index (χ1n) is 5.32. The monoisotopic (exact) mass is 180 g/mol. The summed E-state index contributed by atoms with van der Waals surface area (Å²) in [4.78, 5) is 10.8. The molecule has 0 spiro atoms. The van der Waals surface area contributed by atoms with Gasteiger partial charge in [0, 0.05) is 0 Å². The molecular weight excluding hydrogens is 160 g/mol. The topological polar surface area (TPSA) is 17.1 Å². The first-order chi connectivity index (χ1) is 6.12. The summed E-state index contributed by atoms with van der Waals surface area (Å²) in [7, 11) is 0. The minimum atomic E-state index is 0.172. The largest absolute Gasteiger partial charge is 0.295 e. The van der Waals surface area contributed by atoms with Crippen molar-refractivity contribution in [3.05, 3.63) is 12.2 Å². The van der Waals surface area contributed by atoms with Crippen LogP contribution in [0.15, 0.2) is 12.2 Å². The van der Waals surface area contributed by atoms with Gasteiger partial charge in [0.1, 0.15) is 0 Å². The molecule has 0 aromatic carbocycles. The maximum absolute atomic E-state index is 10.8. The third-order valence-electron chi connectivity index (χ3n) is 2.97. The normalized spacial score (nSPS) is 22.9. The summed E-state index contributed by atoms with van der Waals surface area (Å²) in [5, 5.41) is 0. The van der Waals surface area contributed by atoms with Gasteiger partial charge >= 0.3 is 0 Å². The fraction of sp³-hybridized carbons (Fsp3) is 0.750. The molecule has 1 heteroatoms. The van der Waals surface area contributed by atoms with Crippen LogP contribution in [0, 0.1) is 5.41 Å². The molecule has 0 amide bonds. The van der Waals surface area contributed by atoms with E-state index in [1.807, 2.05) is 0 Å². The molecule has 0 aliphatic heterocycles. The van der Waals surface area contributed by atoms with E-state index in [9.17, 15) is 4.79 Å². The predicted molar refractivity (Wildman–Crippen MR) is 55.6 cm³/mol. The summed E-state index contributed by atoms with van der Waals surface area (Å²) >= 11 is 0. The lowest BCUT2D eigenvalue weighted by Gasteiger charge is -2.23. The Hall–Kier alpha value is -0.590. The van der Waals surface area contributed by atoms with Crippen molar-refractivity contribution in [1.29, 1.82) is 0 Å². The molecule has 0 saturated heterocycles. The Balaban J connectivity index is 2.56. The quantitative estimate of drug-likeness (QED) is 0.469. The van der Waals surface area contributed by atoms with E-state index in [0.717, 1.165) is 0 Å². The lowest BCUT2D eigenvalue weighted by atomic mass is 9.82. The van der Waals surface area contributed by atoms with Gasteiger partial charge in [-0.3, -0.25) is 4.79 Å². The molecule has 74 valence electrons. The van der Waals surface area contributed by atoms with Crippen LogP contribution in [-0.4, -0.2) is 5.78 Å². The van der Waals surface area contributed by atoms with E-state index in [1.54, 1.807) is 13.0 Å². The molecule has 13 heavy (non-hydrogen) atoms. The van der Waals surface area contributed by atoms with Gasteiger partial charge in [0.2, 0.25) is 0 Å². The van der Waals surface area contributed by atoms with Gasteiger partial charge in [0.15, 0.2) is 5.78 Å². The highest BCUT2D eigenvalue weighted by atomic mass is 16.1. The first kappa shape index (κ1) is 10.5. The highest BCUT2D eigenvalue weighted by Gasteiger charge is 2.22. The predicted octanol–water partition coefficient (Wildman–Crippen LogP) is 3.49. The Labute approximate surface area is 81.2 Å². The Morgan fingerprint density at radius 2 is 1.69 bits per heavy atom. The van der Waals surface area contributed by atoms with Gasteiger partial charge in [-0.2, -0.15) is 0 Å². The van der Waals surface area contributed by atoms with Crippen LogP contribution < -0.4 is 0 Å². The minimum Gasteiger partial charge on any atom is -0.295 e. The third-order valence-corrected chi connectivity index (χ3v) is 2.97. The van der Waals surface area contributed by atoms with Gasteiger partial charge in [0.05, 0.1) is 0 Å². The molecule has 1 aliphatic carbocycles. The zero-order valence-electron chi connectivity index (χ0n) is 8.81. The molecular formula is C12H20O. The van der Waals surface area contributed by atoms with Crippen LogP contribution in [0.5, 0.6) is 0 Å². The second kappa shape index (κ2) is 4.59.